The largest absolute Gasteiger partial charge is 0.481 e. The first-order chi connectivity index (χ1) is 6.97. The average Bonchev–Trinajstić information content (AvgIpc) is 2.42. The zero-order chi connectivity index (χ0) is 11.6. The molecule has 5 heteroatoms. The summed E-state index contributed by atoms with van der Waals surface area (Å²) in [6, 6.07) is 0. The van der Waals surface area contributed by atoms with E-state index in [-0.39, 0.29) is 18.9 Å². The van der Waals surface area contributed by atoms with E-state index in [1.807, 2.05) is 0 Å². The maximum atomic E-state index is 10.6. The molecule has 0 fully saturated rings. The number of halogens is 1. The molecule has 3 N–H and O–H groups in total. The number of carboxylic acid groups (broad SMARTS) is 1. The van der Waals surface area contributed by atoms with Gasteiger partial charge in [0.15, 0.2) is 0 Å². The lowest BCUT2D eigenvalue weighted by Crippen LogP contribution is -2.16. The van der Waals surface area contributed by atoms with Crippen LogP contribution in [0.15, 0.2) is 4.42 Å². The van der Waals surface area contributed by atoms with Crippen LogP contribution in [0.3, 0.4) is 0 Å². The third-order valence-electron chi connectivity index (χ3n) is 2.35. The number of hydrogen-bond acceptors (Lipinski definition) is 3. The van der Waals surface area contributed by atoms with Crippen LogP contribution in [0.5, 0.6) is 0 Å². The fraction of sp³-hybridized carbons (Fsp3) is 0.500. The van der Waals surface area contributed by atoms with E-state index in [9.17, 15) is 4.79 Å². The molecule has 0 radical (unpaired) electrons. The Bertz CT molecular complexity index is 373. The van der Waals surface area contributed by atoms with Crippen LogP contribution in [0.2, 0.25) is 5.02 Å². The Kier molecular flexibility index (Phi) is 3.77. The van der Waals surface area contributed by atoms with Crippen molar-refractivity contribution >= 4 is 17.6 Å². The minimum Gasteiger partial charge on any atom is -0.481 e. The van der Waals surface area contributed by atoms with Crippen LogP contribution in [0.25, 0.3) is 0 Å². The second kappa shape index (κ2) is 4.68. The van der Waals surface area contributed by atoms with Gasteiger partial charge in [-0.15, -0.1) is 0 Å². The second-order valence-electron chi connectivity index (χ2n) is 3.49. The van der Waals surface area contributed by atoms with E-state index in [4.69, 9.17) is 26.9 Å². The van der Waals surface area contributed by atoms with Crippen molar-refractivity contribution in [3.05, 3.63) is 22.1 Å². The van der Waals surface area contributed by atoms with Gasteiger partial charge in [-0.3, -0.25) is 4.79 Å². The molecule has 84 valence electrons. The van der Waals surface area contributed by atoms with E-state index >= 15 is 0 Å². The van der Waals surface area contributed by atoms with Crippen molar-refractivity contribution in [2.75, 3.05) is 6.54 Å². The Morgan fingerprint density at radius 2 is 2.20 bits per heavy atom. The molecule has 0 aliphatic carbocycles. The lowest BCUT2D eigenvalue weighted by atomic mass is 10.00. The lowest BCUT2D eigenvalue weighted by Gasteiger charge is -2.09. The molecule has 1 aromatic heterocycles. The highest BCUT2D eigenvalue weighted by atomic mass is 35.5. The van der Waals surface area contributed by atoms with Gasteiger partial charge in [-0.05, 0) is 13.8 Å². The SMILES string of the molecule is Cc1oc(C(CN)CC(=O)O)c(C)c1Cl. The molecule has 0 aliphatic rings. The Balaban J connectivity index is 3.01. The Labute approximate surface area is 93.0 Å². The summed E-state index contributed by atoms with van der Waals surface area (Å²) >= 11 is 5.95. The van der Waals surface area contributed by atoms with Gasteiger partial charge in [0.05, 0.1) is 11.4 Å². The Morgan fingerprint density at radius 1 is 1.60 bits per heavy atom. The number of aliphatic carboxylic acids is 1. The zero-order valence-electron chi connectivity index (χ0n) is 8.71. The number of carbonyl (C=O) groups is 1. The summed E-state index contributed by atoms with van der Waals surface area (Å²) in [6.45, 7) is 3.78. The average molecular weight is 232 g/mol. The van der Waals surface area contributed by atoms with Gasteiger partial charge in [0.1, 0.15) is 11.5 Å². The summed E-state index contributed by atoms with van der Waals surface area (Å²) in [6.07, 6.45) is -0.0410. The van der Waals surface area contributed by atoms with Crippen LogP contribution >= 0.6 is 11.6 Å². The van der Waals surface area contributed by atoms with Crippen LogP contribution < -0.4 is 5.73 Å². The van der Waals surface area contributed by atoms with Crippen molar-refractivity contribution in [2.45, 2.75) is 26.2 Å². The van der Waals surface area contributed by atoms with Crippen LogP contribution in [-0.2, 0) is 4.79 Å². The molecular weight excluding hydrogens is 218 g/mol. The van der Waals surface area contributed by atoms with E-state index in [1.165, 1.54) is 0 Å². The fourth-order valence-electron chi connectivity index (χ4n) is 1.54. The predicted octanol–water partition coefficient (Wildman–Crippen LogP) is 2.07. The van der Waals surface area contributed by atoms with Crippen molar-refractivity contribution in [3.8, 4) is 0 Å². The Hall–Kier alpha value is -1.00. The maximum Gasteiger partial charge on any atom is 0.304 e. The van der Waals surface area contributed by atoms with Gasteiger partial charge >= 0.3 is 5.97 Å². The first kappa shape index (κ1) is 12.1. The van der Waals surface area contributed by atoms with E-state index in [1.54, 1.807) is 13.8 Å². The molecule has 0 aliphatic heterocycles. The zero-order valence-corrected chi connectivity index (χ0v) is 9.47. The standard InChI is InChI=1S/C10H14ClNO3/c1-5-9(11)6(2)15-10(5)7(4-12)3-8(13)14/h7H,3-4,12H2,1-2H3,(H,13,14). The number of aryl methyl sites for hydroxylation is 1. The third-order valence-corrected chi connectivity index (χ3v) is 2.90. The van der Waals surface area contributed by atoms with Gasteiger partial charge in [0.2, 0.25) is 0 Å². The van der Waals surface area contributed by atoms with Crippen molar-refractivity contribution in [1.82, 2.24) is 0 Å². The quantitative estimate of drug-likeness (QED) is 0.832. The van der Waals surface area contributed by atoms with Crippen LogP contribution in [0.4, 0.5) is 0 Å². The molecule has 0 amide bonds. The molecule has 15 heavy (non-hydrogen) atoms. The number of nitrogens with two attached hydrogens (primary N) is 1. The topological polar surface area (TPSA) is 76.5 Å². The molecule has 0 bridgehead atoms. The third kappa shape index (κ3) is 2.52. The fourth-order valence-corrected chi connectivity index (χ4v) is 1.67. The molecule has 1 aromatic rings. The normalized spacial score (nSPS) is 12.8. The second-order valence-corrected chi connectivity index (χ2v) is 3.87. The Morgan fingerprint density at radius 3 is 2.53 bits per heavy atom. The smallest absolute Gasteiger partial charge is 0.304 e. The summed E-state index contributed by atoms with van der Waals surface area (Å²) in [5.74, 6) is -0.0147. The first-order valence-corrected chi connectivity index (χ1v) is 5.02. The highest BCUT2D eigenvalue weighted by Crippen LogP contribution is 2.32. The minimum absolute atomic E-state index is 0.0410. The van der Waals surface area contributed by atoms with E-state index in [0.29, 0.717) is 16.5 Å². The summed E-state index contributed by atoms with van der Waals surface area (Å²) in [7, 11) is 0. The summed E-state index contributed by atoms with van der Waals surface area (Å²) in [4.78, 5) is 10.6. The molecule has 0 saturated carbocycles. The van der Waals surface area contributed by atoms with Gasteiger partial charge in [0, 0.05) is 18.0 Å². The highest BCUT2D eigenvalue weighted by molar-refractivity contribution is 6.32. The predicted molar refractivity (Wildman–Crippen MR) is 57.2 cm³/mol. The summed E-state index contributed by atoms with van der Waals surface area (Å²) in [5, 5.41) is 9.26. The first-order valence-electron chi connectivity index (χ1n) is 4.64. The van der Waals surface area contributed by atoms with Crippen molar-refractivity contribution < 1.29 is 14.3 Å². The van der Waals surface area contributed by atoms with Crippen LogP contribution in [-0.4, -0.2) is 17.6 Å². The lowest BCUT2D eigenvalue weighted by molar-refractivity contribution is -0.137. The van der Waals surface area contributed by atoms with Crippen LogP contribution in [0.1, 0.15) is 29.4 Å². The van der Waals surface area contributed by atoms with Gasteiger partial charge in [-0.1, -0.05) is 11.6 Å². The van der Waals surface area contributed by atoms with E-state index in [0.717, 1.165) is 5.56 Å². The van der Waals surface area contributed by atoms with Crippen molar-refractivity contribution in [2.24, 2.45) is 5.73 Å². The van der Waals surface area contributed by atoms with Gasteiger partial charge in [-0.2, -0.15) is 0 Å². The van der Waals surface area contributed by atoms with E-state index < -0.39 is 5.97 Å². The number of rotatable bonds is 4. The summed E-state index contributed by atoms with van der Waals surface area (Å²) in [5.41, 5.74) is 6.30. The maximum absolute atomic E-state index is 10.6. The molecular formula is C10H14ClNO3. The number of carboxylic acids is 1. The minimum atomic E-state index is -0.893. The molecule has 1 unspecified atom stereocenters. The molecule has 1 rings (SSSR count). The number of furan rings is 1. The molecule has 1 heterocycles. The molecule has 0 saturated heterocycles. The van der Waals surface area contributed by atoms with Crippen LogP contribution in [0, 0.1) is 13.8 Å². The highest BCUT2D eigenvalue weighted by Gasteiger charge is 2.22. The molecule has 4 nitrogen and oxygen atoms in total. The molecule has 0 aromatic carbocycles. The molecule has 0 spiro atoms. The monoisotopic (exact) mass is 231 g/mol. The molecule has 1 atom stereocenters. The van der Waals surface area contributed by atoms with Crippen molar-refractivity contribution in [3.63, 3.8) is 0 Å². The van der Waals surface area contributed by atoms with Crippen molar-refractivity contribution in [1.29, 1.82) is 0 Å². The summed E-state index contributed by atoms with van der Waals surface area (Å²) < 4.78 is 5.42. The van der Waals surface area contributed by atoms with Gasteiger partial charge in [-0.25, -0.2) is 0 Å². The van der Waals surface area contributed by atoms with Gasteiger partial charge in [0.25, 0.3) is 0 Å². The number of hydrogen-bond donors (Lipinski definition) is 2. The van der Waals surface area contributed by atoms with Gasteiger partial charge < -0.3 is 15.3 Å². The van der Waals surface area contributed by atoms with E-state index in [2.05, 4.69) is 0 Å².